The SMILES string of the molecule is CCOc1ccc(Br)cc1S(=O)(=O)N1CCCC[C@@H]1C(N)=O. The highest BCUT2D eigenvalue weighted by molar-refractivity contribution is 9.10. The van der Waals surface area contributed by atoms with Gasteiger partial charge in [0.05, 0.1) is 6.61 Å². The molecule has 2 N–H and O–H groups in total. The Morgan fingerprint density at radius 2 is 2.18 bits per heavy atom. The molecule has 2 rings (SSSR count). The third-order valence-corrected chi connectivity index (χ3v) is 6.00. The third kappa shape index (κ3) is 3.44. The molecular formula is C14H19BrN2O4S. The Labute approximate surface area is 138 Å². The Morgan fingerprint density at radius 1 is 1.45 bits per heavy atom. The standard InChI is InChI=1S/C14H19BrN2O4S/c1-2-21-12-7-6-10(15)9-13(12)22(19,20)17-8-4-3-5-11(17)14(16)18/h6-7,9,11H,2-5,8H2,1H3,(H2,16,18)/t11-/m1/s1. The van der Waals surface area contributed by atoms with Crippen LogP contribution < -0.4 is 10.5 Å². The van der Waals surface area contributed by atoms with Crippen molar-refractivity contribution in [2.45, 2.75) is 37.1 Å². The summed E-state index contributed by atoms with van der Waals surface area (Å²) in [5.74, 6) is -0.337. The minimum Gasteiger partial charge on any atom is -0.492 e. The zero-order valence-electron chi connectivity index (χ0n) is 12.3. The van der Waals surface area contributed by atoms with Gasteiger partial charge in [-0.3, -0.25) is 4.79 Å². The zero-order chi connectivity index (χ0) is 16.3. The van der Waals surface area contributed by atoms with E-state index in [1.807, 2.05) is 0 Å². The van der Waals surface area contributed by atoms with Gasteiger partial charge in [-0.1, -0.05) is 22.4 Å². The molecule has 0 saturated carbocycles. The number of sulfonamides is 1. The summed E-state index contributed by atoms with van der Waals surface area (Å²) >= 11 is 3.28. The van der Waals surface area contributed by atoms with Crippen LogP contribution in [0.5, 0.6) is 5.75 Å². The van der Waals surface area contributed by atoms with Crippen molar-refractivity contribution in [3.8, 4) is 5.75 Å². The largest absolute Gasteiger partial charge is 0.492 e. The van der Waals surface area contributed by atoms with Crippen LogP contribution in [0.25, 0.3) is 0 Å². The van der Waals surface area contributed by atoms with Gasteiger partial charge in [-0.25, -0.2) is 8.42 Å². The molecule has 1 aliphatic heterocycles. The minimum absolute atomic E-state index is 0.0527. The van der Waals surface area contributed by atoms with Gasteiger partial charge in [0.25, 0.3) is 0 Å². The van der Waals surface area contributed by atoms with Gasteiger partial charge in [-0.15, -0.1) is 0 Å². The molecule has 0 aromatic heterocycles. The molecule has 1 heterocycles. The summed E-state index contributed by atoms with van der Waals surface area (Å²) in [6.07, 6.45) is 1.95. The van der Waals surface area contributed by atoms with E-state index in [0.717, 1.165) is 6.42 Å². The maximum atomic E-state index is 13.0. The lowest BCUT2D eigenvalue weighted by atomic mass is 10.0. The fraction of sp³-hybridized carbons (Fsp3) is 0.500. The van der Waals surface area contributed by atoms with Crippen LogP contribution in [0.15, 0.2) is 27.6 Å². The maximum absolute atomic E-state index is 13.0. The first-order valence-corrected chi connectivity index (χ1v) is 9.34. The second kappa shape index (κ2) is 6.97. The lowest BCUT2D eigenvalue weighted by molar-refractivity contribution is -0.122. The van der Waals surface area contributed by atoms with Crippen molar-refractivity contribution in [2.75, 3.05) is 13.2 Å². The molecule has 8 heteroatoms. The molecular weight excluding hydrogens is 372 g/mol. The van der Waals surface area contributed by atoms with Crippen LogP contribution in [0.1, 0.15) is 26.2 Å². The normalized spacial score (nSPS) is 19.8. The van der Waals surface area contributed by atoms with E-state index in [0.29, 0.717) is 23.9 Å². The average Bonchev–Trinajstić information content (AvgIpc) is 2.49. The number of primary amides is 1. The van der Waals surface area contributed by atoms with Crippen molar-refractivity contribution in [1.82, 2.24) is 4.31 Å². The number of carbonyl (C=O) groups excluding carboxylic acids is 1. The molecule has 0 radical (unpaired) electrons. The third-order valence-electron chi connectivity index (χ3n) is 3.57. The monoisotopic (exact) mass is 390 g/mol. The van der Waals surface area contributed by atoms with E-state index in [2.05, 4.69) is 15.9 Å². The average molecular weight is 391 g/mol. The van der Waals surface area contributed by atoms with Gasteiger partial charge in [-0.2, -0.15) is 4.31 Å². The number of benzene rings is 1. The summed E-state index contributed by atoms with van der Waals surface area (Å²) in [4.78, 5) is 11.6. The van der Waals surface area contributed by atoms with Crippen molar-refractivity contribution in [1.29, 1.82) is 0 Å². The second-order valence-corrected chi connectivity index (χ2v) is 7.83. The molecule has 0 unspecified atom stereocenters. The number of nitrogens with zero attached hydrogens (tertiary/aromatic N) is 1. The lowest BCUT2D eigenvalue weighted by Gasteiger charge is -2.32. The van der Waals surface area contributed by atoms with Gasteiger partial charge in [0.1, 0.15) is 16.7 Å². The number of piperidine rings is 1. The van der Waals surface area contributed by atoms with Crippen LogP contribution in [0.3, 0.4) is 0 Å². The Hall–Kier alpha value is -1.12. The lowest BCUT2D eigenvalue weighted by Crippen LogP contribution is -2.50. The van der Waals surface area contributed by atoms with Gasteiger partial charge in [-0.05, 0) is 38.0 Å². The fourth-order valence-corrected chi connectivity index (χ4v) is 4.90. The molecule has 1 saturated heterocycles. The summed E-state index contributed by atoms with van der Waals surface area (Å²) in [7, 11) is -3.85. The summed E-state index contributed by atoms with van der Waals surface area (Å²) in [5.41, 5.74) is 5.37. The predicted octanol–water partition coefficient (Wildman–Crippen LogP) is 1.88. The van der Waals surface area contributed by atoms with Crippen molar-refractivity contribution in [3.05, 3.63) is 22.7 Å². The zero-order valence-corrected chi connectivity index (χ0v) is 14.7. The van der Waals surface area contributed by atoms with Gasteiger partial charge < -0.3 is 10.5 Å². The molecule has 6 nitrogen and oxygen atoms in total. The van der Waals surface area contributed by atoms with Crippen LogP contribution in [-0.4, -0.2) is 37.8 Å². The number of nitrogens with two attached hydrogens (primary N) is 1. The number of ether oxygens (including phenoxy) is 1. The molecule has 1 aromatic carbocycles. The van der Waals surface area contributed by atoms with E-state index >= 15 is 0 Å². The van der Waals surface area contributed by atoms with E-state index in [-0.39, 0.29) is 17.2 Å². The van der Waals surface area contributed by atoms with E-state index in [9.17, 15) is 13.2 Å². The predicted molar refractivity (Wildman–Crippen MR) is 86.0 cm³/mol. The topological polar surface area (TPSA) is 89.7 Å². The van der Waals surface area contributed by atoms with E-state index in [1.54, 1.807) is 19.1 Å². The Balaban J connectivity index is 2.49. The first kappa shape index (κ1) is 17.2. The van der Waals surface area contributed by atoms with Crippen molar-refractivity contribution < 1.29 is 17.9 Å². The Morgan fingerprint density at radius 3 is 2.82 bits per heavy atom. The number of rotatable bonds is 5. The summed E-state index contributed by atoms with van der Waals surface area (Å²) in [6.45, 7) is 2.42. The molecule has 122 valence electrons. The number of amides is 1. The minimum atomic E-state index is -3.85. The maximum Gasteiger partial charge on any atom is 0.247 e. The van der Waals surface area contributed by atoms with E-state index < -0.39 is 22.0 Å². The fourth-order valence-electron chi connectivity index (χ4n) is 2.56. The van der Waals surface area contributed by atoms with E-state index in [4.69, 9.17) is 10.5 Å². The first-order valence-electron chi connectivity index (χ1n) is 7.11. The van der Waals surface area contributed by atoms with Gasteiger partial charge in [0.15, 0.2) is 0 Å². The number of hydrogen-bond acceptors (Lipinski definition) is 4. The van der Waals surface area contributed by atoms with Gasteiger partial charge in [0, 0.05) is 11.0 Å². The molecule has 0 spiro atoms. The molecule has 1 aliphatic rings. The quantitative estimate of drug-likeness (QED) is 0.830. The summed E-state index contributed by atoms with van der Waals surface area (Å²) in [6, 6.07) is 4.01. The smallest absolute Gasteiger partial charge is 0.247 e. The summed E-state index contributed by atoms with van der Waals surface area (Å²) < 4.78 is 33.2. The molecule has 1 aromatic rings. The van der Waals surface area contributed by atoms with Crippen LogP contribution in [0.2, 0.25) is 0 Å². The van der Waals surface area contributed by atoms with Gasteiger partial charge in [0.2, 0.25) is 15.9 Å². The van der Waals surface area contributed by atoms with Crippen LogP contribution in [-0.2, 0) is 14.8 Å². The highest BCUT2D eigenvalue weighted by atomic mass is 79.9. The second-order valence-electron chi connectivity index (χ2n) is 5.05. The molecule has 1 fully saturated rings. The number of halogens is 1. The van der Waals surface area contributed by atoms with Crippen molar-refractivity contribution in [2.24, 2.45) is 5.73 Å². The van der Waals surface area contributed by atoms with Crippen LogP contribution >= 0.6 is 15.9 Å². The molecule has 1 amide bonds. The molecule has 0 aliphatic carbocycles. The van der Waals surface area contributed by atoms with Crippen molar-refractivity contribution >= 4 is 31.9 Å². The molecule has 22 heavy (non-hydrogen) atoms. The highest BCUT2D eigenvalue weighted by Crippen LogP contribution is 2.33. The highest BCUT2D eigenvalue weighted by Gasteiger charge is 2.38. The van der Waals surface area contributed by atoms with Crippen molar-refractivity contribution in [3.63, 3.8) is 0 Å². The molecule has 0 bridgehead atoms. The summed E-state index contributed by atoms with van der Waals surface area (Å²) in [5, 5.41) is 0. The molecule has 1 atom stereocenters. The number of hydrogen-bond donors (Lipinski definition) is 1. The first-order chi connectivity index (χ1) is 10.4. The van der Waals surface area contributed by atoms with Gasteiger partial charge >= 0.3 is 0 Å². The Kier molecular flexibility index (Phi) is 5.46. The van der Waals surface area contributed by atoms with E-state index in [1.165, 1.54) is 10.4 Å². The number of carbonyl (C=O) groups is 1. The van der Waals surface area contributed by atoms with Crippen LogP contribution in [0.4, 0.5) is 0 Å². The Bertz CT molecular complexity index is 663. The van der Waals surface area contributed by atoms with Crippen LogP contribution in [0, 0.1) is 0 Å².